The number of morpholine rings is 1. The Hall–Kier alpha value is -1.38. The van der Waals surface area contributed by atoms with Gasteiger partial charge in [-0.1, -0.05) is 0 Å². The van der Waals surface area contributed by atoms with Gasteiger partial charge in [-0.05, 0) is 20.0 Å². The number of carbonyl (C=O) groups is 1. The molecule has 112 valence electrons. The molecule has 0 bridgehead atoms. The fourth-order valence-corrected chi connectivity index (χ4v) is 2.99. The van der Waals surface area contributed by atoms with E-state index in [-0.39, 0.29) is 16.8 Å². The molecule has 2 heterocycles. The van der Waals surface area contributed by atoms with Crippen LogP contribution < -0.4 is 4.72 Å². The zero-order chi connectivity index (χ0) is 14.9. The van der Waals surface area contributed by atoms with Gasteiger partial charge in [0, 0.05) is 19.8 Å². The smallest absolute Gasteiger partial charge is 0.270 e. The zero-order valence-electron chi connectivity index (χ0n) is 11.8. The first-order chi connectivity index (χ1) is 9.36. The summed E-state index contributed by atoms with van der Waals surface area (Å²) in [6.07, 6.45) is 1.43. The van der Waals surface area contributed by atoms with Crippen molar-refractivity contribution < 1.29 is 17.9 Å². The van der Waals surface area contributed by atoms with E-state index in [0.29, 0.717) is 25.5 Å². The first kappa shape index (κ1) is 15.0. The summed E-state index contributed by atoms with van der Waals surface area (Å²) >= 11 is 0. The Morgan fingerprint density at radius 2 is 2.20 bits per heavy atom. The molecule has 0 radical (unpaired) electrons. The number of hydrogen-bond acceptors (Lipinski definition) is 4. The minimum absolute atomic E-state index is 0.0180. The highest BCUT2D eigenvalue weighted by atomic mass is 32.2. The molecule has 0 aliphatic carbocycles. The van der Waals surface area contributed by atoms with Crippen LogP contribution in [0.2, 0.25) is 0 Å². The summed E-state index contributed by atoms with van der Waals surface area (Å²) in [6, 6.07) is 1.38. The lowest BCUT2D eigenvalue weighted by Crippen LogP contribution is -2.47. The molecular formula is C12H19N3O4S. The molecule has 1 aliphatic heterocycles. The molecule has 1 aromatic heterocycles. The van der Waals surface area contributed by atoms with Crippen molar-refractivity contribution in [3.05, 3.63) is 18.0 Å². The van der Waals surface area contributed by atoms with Crippen LogP contribution in [0.25, 0.3) is 0 Å². The highest BCUT2D eigenvalue weighted by molar-refractivity contribution is 7.89. The van der Waals surface area contributed by atoms with E-state index in [2.05, 4.69) is 4.72 Å². The number of aryl methyl sites for hydroxylation is 1. The monoisotopic (exact) mass is 301 g/mol. The summed E-state index contributed by atoms with van der Waals surface area (Å²) in [5.74, 6) is -0.180. The molecule has 1 fully saturated rings. The topological polar surface area (TPSA) is 80.6 Å². The van der Waals surface area contributed by atoms with Crippen molar-refractivity contribution in [3.8, 4) is 0 Å². The van der Waals surface area contributed by atoms with Gasteiger partial charge in [-0.25, -0.2) is 13.1 Å². The number of nitrogens with one attached hydrogen (secondary N) is 1. The fraction of sp³-hybridized carbons (Fsp3) is 0.583. The van der Waals surface area contributed by atoms with E-state index in [9.17, 15) is 13.2 Å². The molecule has 0 aromatic carbocycles. The summed E-state index contributed by atoms with van der Waals surface area (Å²) in [5, 5.41) is 0. The number of aromatic nitrogens is 1. The van der Waals surface area contributed by atoms with Gasteiger partial charge in [-0.2, -0.15) is 0 Å². The quantitative estimate of drug-likeness (QED) is 0.838. The van der Waals surface area contributed by atoms with Gasteiger partial charge in [-0.15, -0.1) is 0 Å². The number of hydrogen-bond donors (Lipinski definition) is 1. The van der Waals surface area contributed by atoms with E-state index in [0.717, 1.165) is 0 Å². The third-order valence-corrected chi connectivity index (χ3v) is 4.79. The van der Waals surface area contributed by atoms with E-state index in [4.69, 9.17) is 4.74 Å². The van der Waals surface area contributed by atoms with Crippen molar-refractivity contribution in [3.63, 3.8) is 0 Å². The maximum Gasteiger partial charge on any atom is 0.270 e. The average Bonchev–Trinajstić information content (AvgIpc) is 2.81. The molecule has 1 saturated heterocycles. The third-order valence-electron chi connectivity index (χ3n) is 3.41. The van der Waals surface area contributed by atoms with Gasteiger partial charge in [0.15, 0.2) is 0 Å². The number of nitrogens with zero attached hydrogens (tertiary/aromatic N) is 2. The summed E-state index contributed by atoms with van der Waals surface area (Å²) in [6.45, 7) is 3.42. The van der Waals surface area contributed by atoms with Crippen LogP contribution in [-0.4, -0.2) is 56.6 Å². The van der Waals surface area contributed by atoms with Crippen LogP contribution in [0.15, 0.2) is 17.2 Å². The van der Waals surface area contributed by atoms with Crippen LogP contribution in [-0.2, 0) is 21.8 Å². The molecule has 1 N–H and O–H groups in total. The van der Waals surface area contributed by atoms with Crippen LogP contribution in [0.4, 0.5) is 0 Å². The van der Waals surface area contributed by atoms with E-state index >= 15 is 0 Å². The number of carbonyl (C=O) groups excluding carboxylic acids is 1. The van der Waals surface area contributed by atoms with E-state index in [1.165, 1.54) is 23.9 Å². The summed E-state index contributed by atoms with van der Waals surface area (Å²) < 4.78 is 32.6. The van der Waals surface area contributed by atoms with Crippen molar-refractivity contribution in [1.82, 2.24) is 14.2 Å². The predicted molar refractivity (Wildman–Crippen MR) is 73.0 cm³/mol. The minimum atomic E-state index is -3.54. The highest BCUT2D eigenvalue weighted by Gasteiger charge is 2.28. The van der Waals surface area contributed by atoms with Gasteiger partial charge < -0.3 is 14.2 Å². The van der Waals surface area contributed by atoms with Crippen molar-refractivity contribution >= 4 is 15.9 Å². The number of rotatable bonds is 3. The molecule has 7 nitrogen and oxygen atoms in total. The Labute approximate surface area is 118 Å². The lowest BCUT2D eigenvalue weighted by molar-refractivity contribution is 0.00308. The maximum atomic E-state index is 12.5. The SMILES string of the molecule is CNS(=O)(=O)c1cc(C(=O)N2CCOC[C@@H]2C)n(C)c1. The maximum absolute atomic E-state index is 12.5. The first-order valence-corrected chi connectivity index (χ1v) is 7.83. The van der Waals surface area contributed by atoms with Gasteiger partial charge in [-0.3, -0.25) is 4.79 Å². The second kappa shape index (κ2) is 5.55. The lowest BCUT2D eigenvalue weighted by atomic mass is 10.2. The second-order valence-corrected chi connectivity index (χ2v) is 6.69. The molecule has 1 aliphatic rings. The molecule has 1 atom stereocenters. The predicted octanol–water partition coefficient (Wildman–Crippen LogP) is -0.206. The highest BCUT2D eigenvalue weighted by Crippen LogP contribution is 2.17. The molecule has 20 heavy (non-hydrogen) atoms. The van der Waals surface area contributed by atoms with Gasteiger partial charge in [0.25, 0.3) is 5.91 Å². The van der Waals surface area contributed by atoms with E-state index < -0.39 is 10.0 Å². The largest absolute Gasteiger partial charge is 0.377 e. The number of sulfonamides is 1. The molecule has 0 saturated carbocycles. The summed E-state index contributed by atoms with van der Waals surface area (Å²) in [7, 11) is -0.543. The van der Waals surface area contributed by atoms with Gasteiger partial charge in [0.1, 0.15) is 10.6 Å². The summed E-state index contributed by atoms with van der Waals surface area (Å²) in [4.78, 5) is 14.3. The standard InChI is InChI=1S/C12H19N3O4S/c1-9-8-19-5-4-15(9)12(16)11-6-10(7-14(11)3)20(17,18)13-2/h6-7,9,13H,4-5,8H2,1-3H3/t9-/m0/s1. The van der Waals surface area contributed by atoms with Crippen LogP contribution in [0.5, 0.6) is 0 Å². The van der Waals surface area contributed by atoms with Crippen LogP contribution >= 0.6 is 0 Å². The van der Waals surface area contributed by atoms with Crippen LogP contribution in [0.1, 0.15) is 17.4 Å². The molecular weight excluding hydrogens is 282 g/mol. The van der Waals surface area contributed by atoms with Crippen molar-refractivity contribution in [2.24, 2.45) is 7.05 Å². The van der Waals surface area contributed by atoms with E-state index in [1.807, 2.05) is 6.92 Å². The van der Waals surface area contributed by atoms with Crippen LogP contribution in [0.3, 0.4) is 0 Å². The Morgan fingerprint density at radius 1 is 1.50 bits per heavy atom. The van der Waals surface area contributed by atoms with E-state index in [1.54, 1.807) is 11.9 Å². The molecule has 8 heteroatoms. The van der Waals surface area contributed by atoms with Gasteiger partial charge in [0.2, 0.25) is 10.0 Å². The third kappa shape index (κ3) is 2.72. The first-order valence-electron chi connectivity index (χ1n) is 6.35. The van der Waals surface area contributed by atoms with Crippen molar-refractivity contribution in [1.29, 1.82) is 0 Å². The Kier molecular flexibility index (Phi) is 4.17. The molecule has 0 unspecified atom stereocenters. The second-order valence-electron chi connectivity index (χ2n) is 4.80. The fourth-order valence-electron chi connectivity index (χ4n) is 2.19. The van der Waals surface area contributed by atoms with Gasteiger partial charge in [0.05, 0.1) is 19.3 Å². The molecule has 1 aromatic rings. The lowest BCUT2D eigenvalue weighted by Gasteiger charge is -2.33. The van der Waals surface area contributed by atoms with Gasteiger partial charge >= 0.3 is 0 Å². The Morgan fingerprint density at radius 3 is 2.80 bits per heavy atom. The zero-order valence-corrected chi connectivity index (χ0v) is 12.6. The summed E-state index contributed by atoms with van der Waals surface area (Å²) in [5.41, 5.74) is 0.354. The number of amides is 1. The molecule has 2 rings (SSSR count). The van der Waals surface area contributed by atoms with Crippen molar-refractivity contribution in [2.75, 3.05) is 26.8 Å². The van der Waals surface area contributed by atoms with Crippen LogP contribution in [0, 0.1) is 0 Å². The Balaban J connectivity index is 2.31. The molecule has 1 amide bonds. The Bertz CT molecular complexity index is 608. The average molecular weight is 301 g/mol. The van der Waals surface area contributed by atoms with Crippen molar-refractivity contribution in [2.45, 2.75) is 17.9 Å². The molecule has 0 spiro atoms. The normalized spacial score (nSPS) is 20.1. The number of ether oxygens (including phenoxy) is 1. The minimum Gasteiger partial charge on any atom is -0.377 e.